The maximum atomic E-state index is 12.9. The molecule has 24 heavy (non-hydrogen) atoms. The molecule has 0 unspecified atom stereocenters. The Labute approximate surface area is 138 Å². The van der Waals surface area contributed by atoms with Crippen molar-refractivity contribution in [3.8, 4) is 6.07 Å². The lowest BCUT2D eigenvalue weighted by Crippen LogP contribution is -2.46. The number of nitrogens with two attached hydrogens (primary N) is 1. The zero-order chi connectivity index (χ0) is 17.9. The quantitative estimate of drug-likeness (QED) is 0.878. The van der Waals surface area contributed by atoms with Crippen LogP contribution < -0.4 is 16.0 Å². The molecule has 1 aliphatic heterocycles. The fraction of sp³-hybridized carbons (Fsp3) is 0.500. The molecule has 5 nitrogen and oxygen atoms in total. The molecule has 1 heterocycles. The summed E-state index contributed by atoms with van der Waals surface area (Å²) < 4.78 is 38.7. The number of carbonyl (C=O) groups is 1. The lowest BCUT2D eigenvalue weighted by Gasteiger charge is -2.22. The van der Waals surface area contributed by atoms with Crippen LogP contribution in [0.2, 0.25) is 0 Å². The van der Waals surface area contributed by atoms with Crippen molar-refractivity contribution >= 4 is 11.6 Å². The summed E-state index contributed by atoms with van der Waals surface area (Å²) in [5.41, 5.74) is 5.29. The molecule has 1 fully saturated rings. The summed E-state index contributed by atoms with van der Waals surface area (Å²) in [7, 11) is 0. The Bertz CT molecular complexity index is 654. The number of alkyl halides is 3. The van der Waals surface area contributed by atoms with Gasteiger partial charge in [-0.05, 0) is 31.0 Å². The molecule has 130 valence electrons. The van der Waals surface area contributed by atoms with Gasteiger partial charge in [-0.25, -0.2) is 0 Å². The van der Waals surface area contributed by atoms with E-state index in [4.69, 9.17) is 11.0 Å². The first kappa shape index (κ1) is 18.1. The third-order valence-corrected chi connectivity index (χ3v) is 4.10. The first-order valence-electron chi connectivity index (χ1n) is 7.68. The Morgan fingerprint density at radius 3 is 2.83 bits per heavy atom. The number of anilines is 1. The Morgan fingerprint density at radius 1 is 1.54 bits per heavy atom. The molecule has 0 radical (unpaired) electrons. The highest BCUT2D eigenvalue weighted by Gasteiger charge is 2.33. The summed E-state index contributed by atoms with van der Waals surface area (Å²) in [6.07, 6.45) is -3.37. The van der Waals surface area contributed by atoms with Crippen molar-refractivity contribution in [3.63, 3.8) is 0 Å². The minimum atomic E-state index is -4.47. The molecule has 0 aromatic heterocycles. The van der Waals surface area contributed by atoms with Crippen molar-refractivity contribution < 1.29 is 18.0 Å². The Morgan fingerprint density at radius 2 is 2.25 bits per heavy atom. The predicted octanol–water partition coefficient (Wildman–Crippen LogP) is 2.01. The molecule has 1 aromatic rings. The van der Waals surface area contributed by atoms with E-state index in [1.54, 1.807) is 11.8 Å². The second-order valence-corrected chi connectivity index (χ2v) is 5.80. The van der Waals surface area contributed by atoms with Crippen molar-refractivity contribution in [2.45, 2.75) is 38.0 Å². The number of nitriles is 1. The normalized spacial score (nSPS) is 19.0. The molecule has 1 saturated heterocycles. The first-order chi connectivity index (χ1) is 11.3. The van der Waals surface area contributed by atoms with Crippen LogP contribution in [0.15, 0.2) is 18.2 Å². The van der Waals surface area contributed by atoms with Gasteiger partial charge < -0.3 is 16.0 Å². The van der Waals surface area contributed by atoms with Gasteiger partial charge >= 0.3 is 6.18 Å². The van der Waals surface area contributed by atoms with E-state index in [1.807, 2.05) is 6.07 Å². The summed E-state index contributed by atoms with van der Waals surface area (Å²) in [5.74, 6) is -0.270. The largest absolute Gasteiger partial charge is 0.416 e. The zero-order valence-corrected chi connectivity index (χ0v) is 13.2. The average Bonchev–Trinajstić information content (AvgIpc) is 3.00. The van der Waals surface area contributed by atoms with E-state index in [2.05, 4.69) is 5.32 Å². The van der Waals surface area contributed by atoms with E-state index >= 15 is 0 Å². The summed E-state index contributed by atoms with van der Waals surface area (Å²) in [6.45, 7) is 2.60. The second kappa shape index (κ2) is 7.09. The van der Waals surface area contributed by atoms with E-state index in [0.717, 1.165) is 12.1 Å². The lowest BCUT2D eigenvalue weighted by atomic mass is 10.1. The molecule has 1 aromatic carbocycles. The molecule has 1 aliphatic rings. The molecule has 2 atom stereocenters. The Hall–Kier alpha value is -2.27. The minimum Gasteiger partial charge on any atom is -0.368 e. The molecule has 8 heteroatoms. The number of carbonyl (C=O) groups excluding carboxylic acids is 1. The molecular formula is C16H19F3N4O. The van der Waals surface area contributed by atoms with Crippen LogP contribution in [0.1, 0.15) is 30.9 Å². The summed E-state index contributed by atoms with van der Waals surface area (Å²) >= 11 is 0. The standard InChI is InChI=1S/C16H19F3N4O/c1-2-13(21)15(24)22-12-5-6-23(9-12)14-7-11(16(17,18)19)4-3-10(14)8-20/h3-4,7,12-13H,2,5-6,9,21H2,1H3,(H,22,24)/t12-,13-/m0/s1. The van der Waals surface area contributed by atoms with Crippen molar-refractivity contribution in [3.05, 3.63) is 29.3 Å². The SMILES string of the molecule is CC[C@H](N)C(=O)N[C@H]1CCN(c2cc(C(F)(F)F)ccc2C#N)C1. The molecule has 0 saturated carbocycles. The summed E-state index contributed by atoms with van der Waals surface area (Å²) in [5, 5.41) is 11.9. The molecule has 1 amide bonds. The molecule has 0 spiro atoms. The number of nitrogens with zero attached hydrogens (tertiary/aromatic N) is 2. The average molecular weight is 340 g/mol. The number of rotatable bonds is 4. The van der Waals surface area contributed by atoms with Gasteiger partial charge in [0.1, 0.15) is 6.07 Å². The Kier molecular flexibility index (Phi) is 5.34. The van der Waals surface area contributed by atoms with E-state index in [1.165, 1.54) is 6.07 Å². The van der Waals surface area contributed by atoms with Gasteiger partial charge in [0.15, 0.2) is 0 Å². The van der Waals surface area contributed by atoms with Crippen LogP contribution in [0.5, 0.6) is 0 Å². The number of benzene rings is 1. The number of halogens is 3. The summed E-state index contributed by atoms with van der Waals surface area (Å²) in [6, 6.07) is 4.19. The van der Waals surface area contributed by atoms with E-state index in [9.17, 15) is 18.0 Å². The van der Waals surface area contributed by atoms with Crippen molar-refractivity contribution in [2.24, 2.45) is 5.73 Å². The molecule has 2 rings (SSSR count). The molecule has 0 bridgehead atoms. The van der Waals surface area contributed by atoms with Gasteiger partial charge in [0.25, 0.3) is 0 Å². The van der Waals surface area contributed by atoms with Gasteiger partial charge in [0, 0.05) is 19.1 Å². The minimum absolute atomic E-state index is 0.181. The maximum absolute atomic E-state index is 12.9. The van der Waals surface area contributed by atoms with E-state index in [-0.39, 0.29) is 23.2 Å². The number of hydrogen-bond acceptors (Lipinski definition) is 4. The number of amides is 1. The van der Waals surface area contributed by atoms with Crippen LogP contribution in [0.4, 0.5) is 18.9 Å². The van der Waals surface area contributed by atoms with Gasteiger partial charge in [-0.1, -0.05) is 6.92 Å². The lowest BCUT2D eigenvalue weighted by molar-refractivity contribution is -0.137. The molecule has 3 N–H and O–H groups in total. The third-order valence-electron chi connectivity index (χ3n) is 4.10. The van der Waals surface area contributed by atoms with Gasteiger partial charge in [-0.15, -0.1) is 0 Å². The zero-order valence-electron chi connectivity index (χ0n) is 13.2. The highest BCUT2D eigenvalue weighted by molar-refractivity contribution is 5.81. The van der Waals surface area contributed by atoms with Gasteiger partial charge in [0.05, 0.1) is 22.9 Å². The van der Waals surface area contributed by atoms with Crippen molar-refractivity contribution in [2.75, 3.05) is 18.0 Å². The third kappa shape index (κ3) is 3.97. The second-order valence-electron chi connectivity index (χ2n) is 5.80. The highest BCUT2D eigenvalue weighted by Crippen LogP contribution is 2.34. The highest BCUT2D eigenvalue weighted by atomic mass is 19.4. The van der Waals surface area contributed by atoms with Crippen molar-refractivity contribution in [1.82, 2.24) is 5.32 Å². The smallest absolute Gasteiger partial charge is 0.368 e. The van der Waals surface area contributed by atoms with E-state index in [0.29, 0.717) is 25.9 Å². The van der Waals surface area contributed by atoms with Crippen LogP contribution in [0.25, 0.3) is 0 Å². The van der Waals surface area contributed by atoms with Gasteiger partial charge in [-0.3, -0.25) is 4.79 Å². The van der Waals surface area contributed by atoms with Crippen LogP contribution in [-0.4, -0.2) is 31.1 Å². The monoisotopic (exact) mass is 340 g/mol. The topological polar surface area (TPSA) is 82.2 Å². The Balaban J connectivity index is 2.15. The van der Waals surface area contributed by atoms with Crippen LogP contribution in [0.3, 0.4) is 0 Å². The van der Waals surface area contributed by atoms with Crippen LogP contribution >= 0.6 is 0 Å². The number of hydrogen-bond donors (Lipinski definition) is 2. The van der Waals surface area contributed by atoms with Crippen molar-refractivity contribution in [1.29, 1.82) is 5.26 Å². The maximum Gasteiger partial charge on any atom is 0.416 e. The molecule has 0 aliphatic carbocycles. The van der Waals surface area contributed by atoms with Gasteiger partial charge in [0.2, 0.25) is 5.91 Å². The fourth-order valence-corrected chi connectivity index (χ4v) is 2.65. The van der Waals surface area contributed by atoms with Crippen LogP contribution in [0, 0.1) is 11.3 Å². The summed E-state index contributed by atoms with van der Waals surface area (Å²) in [4.78, 5) is 13.5. The fourth-order valence-electron chi connectivity index (χ4n) is 2.65. The number of nitrogens with one attached hydrogen (secondary N) is 1. The molecular weight excluding hydrogens is 321 g/mol. The first-order valence-corrected chi connectivity index (χ1v) is 7.68. The van der Waals surface area contributed by atoms with E-state index < -0.39 is 17.8 Å². The van der Waals surface area contributed by atoms with Crippen LogP contribution in [-0.2, 0) is 11.0 Å². The predicted molar refractivity (Wildman–Crippen MR) is 83.2 cm³/mol. The van der Waals surface area contributed by atoms with Gasteiger partial charge in [-0.2, -0.15) is 18.4 Å².